The van der Waals surface area contributed by atoms with Gasteiger partial charge in [-0.3, -0.25) is 0 Å². The van der Waals surface area contributed by atoms with Crippen molar-refractivity contribution in [1.82, 2.24) is 0 Å². The van der Waals surface area contributed by atoms with E-state index in [0.29, 0.717) is 12.2 Å². The summed E-state index contributed by atoms with van der Waals surface area (Å²) in [5.74, 6) is -0.204. The van der Waals surface area contributed by atoms with Crippen LogP contribution in [-0.2, 0) is 11.2 Å². The van der Waals surface area contributed by atoms with Gasteiger partial charge in [0.15, 0.2) is 0 Å². The van der Waals surface area contributed by atoms with Gasteiger partial charge in [-0.2, -0.15) is 0 Å². The molecule has 0 radical (unpaired) electrons. The molecule has 0 bridgehead atoms. The summed E-state index contributed by atoms with van der Waals surface area (Å²) in [6.45, 7) is 2.47. The Hall–Kier alpha value is -0.930. The van der Waals surface area contributed by atoms with E-state index in [1.54, 1.807) is 6.07 Å². The van der Waals surface area contributed by atoms with Crippen LogP contribution in [0.4, 0.5) is 4.39 Å². The second-order valence-corrected chi connectivity index (χ2v) is 3.71. The highest BCUT2D eigenvalue weighted by Gasteiger charge is 2.26. The summed E-state index contributed by atoms with van der Waals surface area (Å²) in [7, 11) is 0. The van der Waals surface area contributed by atoms with Crippen molar-refractivity contribution in [1.29, 1.82) is 0 Å². The monoisotopic (exact) mass is 195 g/mol. The molecule has 14 heavy (non-hydrogen) atoms. The molecule has 0 aliphatic carbocycles. The Labute approximate surface area is 82.9 Å². The van der Waals surface area contributed by atoms with Gasteiger partial charge < -0.3 is 10.5 Å². The van der Waals surface area contributed by atoms with Crippen LogP contribution in [0.3, 0.4) is 0 Å². The first-order chi connectivity index (χ1) is 6.70. The minimum Gasteiger partial charge on any atom is -0.371 e. The molecule has 0 spiro atoms. The van der Waals surface area contributed by atoms with E-state index in [4.69, 9.17) is 10.5 Å². The van der Waals surface area contributed by atoms with Crippen molar-refractivity contribution in [3.8, 4) is 0 Å². The molecule has 2 N–H and O–H groups in total. The van der Waals surface area contributed by atoms with Gasteiger partial charge in [-0.05, 0) is 25.0 Å². The lowest BCUT2D eigenvalue weighted by Gasteiger charge is -2.28. The van der Waals surface area contributed by atoms with Gasteiger partial charge in [0, 0.05) is 11.6 Å². The molecule has 1 aromatic carbocycles. The summed E-state index contributed by atoms with van der Waals surface area (Å²) < 4.78 is 19.0. The van der Waals surface area contributed by atoms with E-state index in [1.807, 2.05) is 13.0 Å². The number of benzene rings is 1. The Morgan fingerprint density at radius 2 is 2.36 bits per heavy atom. The maximum Gasteiger partial charge on any atom is 0.129 e. The third-order valence-electron chi connectivity index (χ3n) is 2.57. The summed E-state index contributed by atoms with van der Waals surface area (Å²) in [6, 6.07) is 4.96. The van der Waals surface area contributed by atoms with E-state index in [0.717, 1.165) is 12.0 Å². The van der Waals surface area contributed by atoms with Crippen molar-refractivity contribution >= 4 is 0 Å². The SMILES string of the molecule is C[C@H](N)[C@H]1OCCc2cccc(F)c21. The molecule has 0 aromatic heterocycles. The van der Waals surface area contributed by atoms with Crippen LogP contribution in [0.5, 0.6) is 0 Å². The predicted octanol–water partition coefficient (Wildman–Crippen LogP) is 1.79. The lowest BCUT2D eigenvalue weighted by molar-refractivity contribution is 0.0257. The smallest absolute Gasteiger partial charge is 0.129 e. The normalized spacial score (nSPS) is 22.9. The van der Waals surface area contributed by atoms with Crippen LogP contribution in [0.25, 0.3) is 0 Å². The summed E-state index contributed by atoms with van der Waals surface area (Å²) in [5, 5.41) is 0. The molecule has 3 heteroatoms. The molecule has 1 aromatic rings. The van der Waals surface area contributed by atoms with Gasteiger partial charge in [-0.25, -0.2) is 4.39 Å². The highest BCUT2D eigenvalue weighted by molar-refractivity contribution is 5.33. The largest absolute Gasteiger partial charge is 0.371 e. The second kappa shape index (κ2) is 3.67. The van der Waals surface area contributed by atoms with Gasteiger partial charge in [0.05, 0.1) is 6.61 Å². The van der Waals surface area contributed by atoms with E-state index in [2.05, 4.69) is 0 Å². The molecule has 2 nitrogen and oxygen atoms in total. The third kappa shape index (κ3) is 1.53. The zero-order chi connectivity index (χ0) is 10.1. The van der Waals surface area contributed by atoms with Gasteiger partial charge >= 0.3 is 0 Å². The van der Waals surface area contributed by atoms with Crippen LogP contribution < -0.4 is 5.73 Å². The zero-order valence-corrected chi connectivity index (χ0v) is 8.16. The van der Waals surface area contributed by atoms with Crippen molar-refractivity contribution in [2.45, 2.75) is 25.5 Å². The predicted molar refractivity (Wildman–Crippen MR) is 52.4 cm³/mol. The summed E-state index contributed by atoms with van der Waals surface area (Å²) in [4.78, 5) is 0. The Bertz CT molecular complexity index is 338. The van der Waals surface area contributed by atoms with Crippen LogP contribution in [0.15, 0.2) is 18.2 Å². The molecule has 0 saturated heterocycles. The van der Waals surface area contributed by atoms with Crippen LogP contribution in [-0.4, -0.2) is 12.6 Å². The Morgan fingerprint density at radius 1 is 1.57 bits per heavy atom. The highest BCUT2D eigenvalue weighted by Crippen LogP contribution is 2.30. The molecule has 0 fully saturated rings. The van der Waals surface area contributed by atoms with E-state index in [1.165, 1.54) is 6.07 Å². The van der Waals surface area contributed by atoms with Gasteiger partial charge in [-0.1, -0.05) is 12.1 Å². The molecule has 1 heterocycles. The topological polar surface area (TPSA) is 35.2 Å². The summed E-state index contributed by atoms with van der Waals surface area (Å²) >= 11 is 0. The van der Waals surface area contributed by atoms with E-state index < -0.39 is 0 Å². The molecular weight excluding hydrogens is 181 g/mol. The van der Waals surface area contributed by atoms with Gasteiger partial charge in [0.25, 0.3) is 0 Å². The van der Waals surface area contributed by atoms with Crippen LogP contribution in [0.2, 0.25) is 0 Å². The molecule has 1 aliphatic rings. The average molecular weight is 195 g/mol. The van der Waals surface area contributed by atoms with Crippen molar-refractivity contribution in [3.63, 3.8) is 0 Å². The molecule has 2 atom stereocenters. The number of nitrogens with two attached hydrogens (primary N) is 1. The molecular formula is C11H14FNO. The van der Waals surface area contributed by atoms with Crippen molar-refractivity contribution in [3.05, 3.63) is 35.1 Å². The Balaban J connectivity index is 2.47. The second-order valence-electron chi connectivity index (χ2n) is 3.71. The fourth-order valence-corrected chi connectivity index (χ4v) is 1.91. The highest BCUT2D eigenvalue weighted by atomic mass is 19.1. The number of hydrogen-bond acceptors (Lipinski definition) is 2. The number of ether oxygens (including phenoxy) is 1. The maximum absolute atomic E-state index is 13.5. The lowest BCUT2D eigenvalue weighted by Crippen LogP contribution is -2.31. The molecule has 1 aliphatic heterocycles. The minimum atomic E-state index is -0.292. The van der Waals surface area contributed by atoms with Gasteiger partial charge in [-0.15, -0.1) is 0 Å². The van der Waals surface area contributed by atoms with Gasteiger partial charge in [0.1, 0.15) is 11.9 Å². The average Bonchev–Trinajstić information content (AvgIpc) is 2.17. The van der Waals surface area contributed by atoms with E-state index in [9.17, 15) is 4.39 Å². The third-order valence-corrected chi connectivity index (χ3v) is 2.57. The molecule has 2 rings (SSSR count). The van der Waals surface area contributed by atoms with E-state index >= 15 is 0 Å². The standard InChI is InChI=1S/C11H14FNO/c1-7(13)11-10-8(5-6-14-11)3-2-4-9(10)12/h2-4,7,11H,5-6,13H2,1H3/t7-,11+/m0/s1. The first kappa shape index (κ1) is 9.62. The Kier molecular flexibility index (Phi) is 2.52. The van der Waals surface area contributed by atoms with Crippen LogP contribution in [0, 0.1) is 5.82 Å². The fourth-order valence-electron chi connectivity index (χ4n) is 1.91. The zero-order valence-electron chi connectivity index (χ0n) is 8.16. The quantitative estimate of drug-likeness (QED) is 0.741. The number of fused-ring (bicyclic) bond motifs is 1. The summed E-state index contributed by atoms with van der Waals surface area (Å²) in [5.41, 5.74) is 7.43. The first-order valence-electron chi connectivity index (χ1n) is 4.84. The van der Waals surface area contributed by atoms with Crippen LogP contribution in [0.1, 0.15) is 24.2 Å². The van der Waals surface area contributed by atoms with Crippen molar-refractivity contribution < 1.29 is 9.13 Å². The maximum atomic E-state index is 13.5. The number of rotatable bonds is 1. The Morgan fingerprint density at radius 3 is 3.07 bits per heavy atom. The molecule has 0 saturated carbocycles. The molecule has 0 unspecified atom stereocenters. The number of halogens is 1. The van der Waals surface area contributed by atoms with Crippen molar-refractivity contribution in [2.24, 2.45) is 5.73 Å². The van der Waals surface area contributed by atoms with Crippen molar-refractivity contribution in [2.75, 3.05) is 6.61 Å². The molecule has 76 valence electrons. The van der Waals surface area contributed by atoms with E-state index in [-0.39, 0.29) is 18.0 Å². The first-order valence-corrected chi connectivity index (χ1v) is 4.84. The fraction of sp³-hybridized carbons (Fsp3) is 0.455. The lowest BCUT2D eigenvalue weighted by atomic mass is 9.94. The number of hydrogen-bond donors (Lipinski definition) is 1. The van der Waals surface area contributed by atoms with Crippen LogP contribution >= 0.6 is 0 Å². The summed E-state index contributed by atoms with van der Waals surface area (Å²) in [6.07, 6.45) is 0.482. The minimum absolute atomic E-state index is 0.175. The van der Waals surface area contributed by atoms with Gasteiger partial charge in [0.2, 0.25) is 0 Å². The molecule has 0 amide bonds.